The molecule has 0 bridgehead atoms. The van der Waals surface area contributed by atoms with Gasteiger partial charge in [0, 0.05) is 21.6 Å². The van der Waals surface area contributed by atoms with Gasteiger partial charge in [-0.25, -0.2) is 9.18 Å². The molecule has 21 heavy (non-hydrogen) atoms. The van der Waals surface area contributed by atoms with Crippen LogP contribution in [-0.4, -0.2) is 29.9 Å². The Hall–Kier alpha value is -1.60. The average Bonchev–Trinajstić information content (AvgIpc) is 2.83. The molecule has 0 saturated heterocycles. The van der Waals surface area contributed by atoms with Gasteiger partial charge in [-0.3, -0.25) is 4.79 Å². The van der Waals surface area contributed by atoms with Gasteiger partial charge in [-0.2, -0.15) is 11.8 Å². The molecule has 0 saturated carbocycles. The van der Waals surface area contributed by atoms with Crippen LogP contribution in [-0.2, 0) is 15.3 Å². The zero-order chi connectivity index (χ0) is 15.4. The van der Waals surface area contributed by atoms with E-state index in [1.807, 2.05) is 0 Å². The second-order valence-electron chi connectivity index (χ2n) is 4.21. The molecule has 0 radical (unpaired) electrons. The lowest BCUT2D eigenvalue weighted by atomic mass is 10.1. The molecule has 0 aliphatic carbocycles. The topological polar surface area (TPSA) is 63.6 Å². The monoisotopic (exact) mass is 328 g/mol. The summed E-state index contributed by atoms with van der Waals surface area (Å²) in [6, 6.07) is 4.59. The molecular formula is C14H13FO4S2. The number of rotatable bonds is 6. The molecule has 1 aromatic heterocycles. The second kappa shape index (κ2) is 6.91. The van der Waals surface area contributed by atoms with Gasteiger partial charge >= 0.3 is 11.9 Å². The summed E-state index contributed by atoms with van der Waals surface area (Å²) in [5.74, 6) is -0.946. The number of thiophene rings is 1. The van der Waals surface area contributed by atoms with Gasteiger partial charge in [-0.15, -0.1) is 11.3 Å². The van der Waals surface area contributed by atoms with Crippen LogP contribution in [0.3, 0.4) is 0 Å². The summed E-state index contributed by atoms with van der Waals surface area (Å²) in [5, 5.41) is 9.61. The fraction of sp³-hybridized carbons (Fsp3) is 0.286. The van der Waals surface area contributed by atoms with Crippen LogP contribution in [0.5, 0.6) is 0 Å². The lowest BCUT2D eigenvalue weighted by Crippen LogP contribution is -2.02. The SMILES string of the molecule is COC(=O)CCSCc1c(C(=O)O)sc2cccc(F)c12. The van der Waals surface area contributed by atoms with E-state index in [-0.39, 0.29) is 17.3 Å². The highest BCUT2D eigenvalue weighted by Crippen LogP contribution is 2.35. The van der Waals surface area contributed by atoms with Gasteiger partial charge < -0.3 is 9.84 Å². The van der Waals surface area contributed by atoms with Crippen LogP contribution in [0.15, 0.2) is 18.2 Å². The van der Waals surface area contributed by atoms with Gasteiger partial charge in [-0.1, -0.05) is 6.07 Å². The van der Waals surface area contributed by atoms with Gasteiger partial charge in [0.2, 0.25) is 0 Å². The Bertz CT molecular complexity index is 681. The number of methoxy groups -OCH3 is 1. The summed E-state index contributed by atoms with van der Waals surface area (Å²) < 4.78 is 19.1. The second-order valence-corrected chi connectivity index (χ2v) is 6.36. The molecule has 0 atom stereocenters. The number of esters is 1. The van der Waals surface area contributed by atoms with Gasteiger partial charge in [0.15, 0.2) is 0 Å². The third-order valence-corrected chi connectivity index (χ3v) is 5.05. The molecule has 0 aliphatic heterocycles. The number of ether oxygens (including phenoxy) is 1. The van der Waals surface area contributed by atoms with Crippen molar-refractivity contribution in [3.05, 3.63) is 34.5 Å². The molecule has 1 aromatic carbocycles. The van der Waals surface area contributed by atoms with Crippen LogP contribution in [0.2, 0.25) is 0 Å². The number of hydrogen-bond acceptors (Lipinski definition) is 5. The number of carboxylic acid groups (broad SMARTS) is 1. The fourth-order valence-electron chi connectivity index (χ4n) is 1.91. The Labute approximate surface area is 128 Å². The molecule has 0 amide bonds. The summed E-state index contributed by atoms with van der Waals surface area (Å²) in [6.45, 7) is 0. The Morgan fingerprint density at radius 3 is 2.86 bits per heavy atom. The van der Waals surface area contributed by atoms with E-state index < -0.39 is 11.8 Å². The highest BCUT2D eigenvalue weighted by molar-refractivity contribution is 7.98. The number of fused-ring (bicyclic) bond motifs is 1. The number of hydrogen-bond donors (Lipinski definition) is 1. The Kier molecular flexibility index (Phi) is 5.19. The van der Waals surface area contributed by atoms with Crippen molar-refractivity contribution < 1.29 is 23.8 Å². The minimum absolute atomic E-state index is 0.153. The minimum Gasteiger partial charge on any atom is -0.477 e. The van der Waals surface area contributed by atoms with E-state index in [9.17, 15) is 19.1 Å². The van der Waals surface area contributed by atoms with E-state index in [4.69, 9.17) is 0 Å². The molecule has 0 unspecified atom stereocenters. The van der Waals surface area contributed by atoms with Crippen molar-refractivity contribution in [3.8, 4) is 0 Å². The summed E-state index contributed by atoms with van der Waals surface area (Å²) in [4.78, 5) is 22.5. The normalized spacial score (nSPS) is 10.8. The maximum absolute atomic E-state index is 13.9. The first-order chi connectivity index (χ1) is 10.0. The van der Waals surface area contributed by atoms with Crippen molar-refractivity contribution in [2.24, 2.45) is 0 Å². The predicted octanol–water partition coefficient (Wildman–Crippen LogP) is 3.53. The van der Waals surface area contributed by atoms with Gasteiger partial charge in [0.25, 0.3) is 0 Å². The van der Waals surface area contributed by atoms with Gasteiger partial charge in [-0.05, 0) is 17.7 Å². The first-order valence-electron chi connectivity index (χ1n) is 6.12. The molecule has 0 aliphatic rings. The third kappa shape index (κ3) is 3.54. The molecule has 0 fully saturated rings. The summed E-state index contributed by atoms with van der Waals surface area (Å²) in [7, 11) is 1.32. The fourth-order valence-corrected chi connectivity index (χ4v) is 4.02. The molecule has 1 N–H and O–H groups in total. The Morgan fingerprint density at radius 2 is 2.19 bits per heavy atom. The van der Waals surface area contributed by atoms with Crippen molar-refractivity contribution in [3.63, 3.8) is 0 Å². The largest absolute Gasteiger partial charge is 0.477 e. The lowest BCUT2D eigenvalue weighted by Gasteiger charge is -2.03. The molecular weight excluding hydrogens is 315 g/mol. The molecule has 1 heterocycles. The number of carbonyl (C=O) groups excluding carboxylic acids is 1. The first kappa shape index (κ1) is 15.8. The lowest BCUT2D eigenvalue weighted by molar-refractivity contribution is -0.140. The van der Waals surface area contributed by atoms with Crippen molar-refractivity contribution in [2.45, 2.75) is 12.2 Å². The van der Waals surface area contributed by atoms with Crippen LogP contribution in [0.25, 0.3) is 10.1 Å². The maximum atomic E-state index is 13.9. The van der Waals surface area contributed by atoms with Crippen molar-refractivity contribution >= 4 is 45.1 Å². The van der Waals surface area contributed by atoms with E-state index in [1.54, 1.807) is 12.1 Å². The molecule has 2 aromatic rings. The van der Waals surface area contributed by atoms with Crippen LogP contribution in [0.1, 0.15) is 21.7 Å². The number of thioether (sulfide) groups is 1. The smallest absolute Gasteiger partial charge is 0.346 e. The van der Waals surface area contributed by atoms with Crippen LogP contribution in [0, 0.1) is 5.82 Å². The number of aromatic carboxylic acids is 1. The van der Waals surface area contributed by atoms with Gasteiger partial charge in [0.1, 0.15) is 10.7 Å². The Balaban J connectivity index is 2.22. The van der Waals surface area contributed by atoms with Crippen LogP contribution >= 0.6 is 23.1 Å². The summed E-state index contributed by atoms with van der Waals surface area (Å²) in [5.41, 5.74) is 0.482. The number of halogens is 1. The van der Waals surface area contributed by atoms with E-state index in [0.29, 0.717) is 27.2 Å². The average molecular weight is 328 g/mol. The van der Waals surface area contributed by atoms with Crippen LogP contribution in [0.4, 0.5) is 4.39 Å². The van der Waals surface area contributed by atoms with Crippen molar-refractivity contribution in [1.82, 2.24) is 0 Å². The quantitative estimate of drug-likeness (QED) is 0.649. The molecule has 0 spiro atoms. The Morgan fingerprint density at radius 1 is 1.43 bits per heavy atom. The first-order valence-corrected chi connectivity index (χ1v) is 8.09. The summed E-state index contributed by atoms with van der Waals surface area (Å²) in [6.07, 6.45) is 0.244. The molecule has 4 nitrogen and oxygen atoms in total. The standard InChI is InChI=1S/C14H13FO4S2/c1-19-11(16)5-6-20-7-8-12-9(15)3-2-4-10(12)21-13(8)14(17)18/h2-4H,5-7H2,1H3,(H,17,18). The van der Waals surface area contributed by atoms with Crippen LogP contribution < -0.4 is 0 Å². The zero-order valence-electron chi connectivity index (χ0n) is 11.2. The van der Waals surface area contributed by atoms with E-state index in [1.165, 1.54) is 24.9 Å². The van der Waals surface area contributed by atoms with E-state index in [0.717, 1.165) is 11.3 Å². The predicted molar refractivity (Wildman–Crippen MR) is 81.5 cm³/mol. The van der Waals surface area contributed by atoms with E-state index >= 15 is 0 Å². The van der Waals surface area contributed by atoms with E-state index in [2.05, 4.69) is 4.74 Å². The molecule has 112 valence electrons. The molecule has 2 rings (SSSR count). The minimum atomic E-state index is -1.06. The number of benzene rings is 1. The summed E-state index contributed by atoms with van der Waals surface area (Å²) >= 11 is 2.46. The third-order valence-electron chi connectivity index (χ3n) is 2.88. The number of carbonyl (C=O) groups is 2. The zero-order valence-corrected chi connectivity index (χ0v) is 12.9. The number of carboxylic acids is 1. The van der Waals surface area contributed by atoms with Gasteiger partial charge in [0.05, 0.1) is 13.5 Å². The van der Waals surface area contributed by atoms with Crippen molar-refractivity contribution in [2.75, 3.05) is 12.9 Å². The van der Waals surface area contributed by atoms with Crippen molar-refractivity contribution in [1.29, 1.82) is 0 Å². The highest BCUT2D eigenvalue weighted by Gasteiger charge is 2.20. The maximum Gasteiger partial charge on any atom is 0.346 e. The molecule has 7 heteroatoms. The highest BCUT2D eigenvalue weighted by atomic mass is 32.2.